The summed E-state index contributed by atoms with van der Waals surface area (Å²) in [5.41, 5.74) is 0. The molecule has 0 saturated carbocycles. The van der Waals surface area contributed by atoms with Gasteiger partial charge in [0.15, 0.2) is 8.32 Å². The smallest absolute Gasteiger partial charge is 0.407 e. The molecule has 90 valence electrons. The van der Waals surface area contributed by atoms with Gasteiger partial charge in [-0.05, 0) is 26.1 Å². The van der Waals surface area contributed by atoms with Crippen LogP contribution in [0, 0.1) is 17.2 Å². The Bertz CT molecular complexity index is 308. The SMILES string of the molecule is C[Si](C)(C)OC(C#N)C1CCN(C(=O)O)C1. The molecule has 1 saturated heterocycles. The first-order chi connectivity index (χ1) is 7.33. The third kappa shape index (κ3) is 3.50. The van der Waals surface area contributed by atoms with Crippen LogP contribution in [0.15, 0.2) is 0 Å². The Kier molecular flexibility index (Phi) is 3.94. The standard InChI is InChI=1S/C10H18N2O3Si/c1-16(2,3)15-9(6-11)8-4-5-12(7-8)10(13)14/h8-9H,4-5,7H2,1-3H3,(H,13,14). The van der Waals surface area contributed by atoms with Crippen molar-refractivity contribution in [3.63, 3.8) is 0 Å². The molecule has 1 N–H and O–H groups in total. The highest BCUT2D eigenvalue weighted by Crippen LogP contribution is 2.23. The van der Waals surface area contributed by atoms with E-state index in [0.29, 0.717) is 13.1 Å². The maximum Gasteiger partial charge on any atom is 0.407 e. The van der Waals surface area contributed by atoms with E-state index in [-0.39, 0.29) is 5.92 Å². The zero-order valence-corrected chi connectivity index (χ0v) is 10.9. The molecule has 1 fully saturated rings. The van der Waals surface area contributed by atoms with Gasteiger partial charge in [0.05, 0.1) is 6.07 Å². The van der Waals surface area contributed by atoms with Crippen molar-refractivity contribution in [1.29, 1.82) is 5.26 Å². The Balaban J connectivity index is 2.57. The van der Waals surface area contributed by atoms with Crippen LogP contribution in [0.3, 0.4) is 0 Å². The fraction of sp³-hybridized carbons (Fsp3) is 0.800. The molecule has 2 unspecified atom stereocenters. The minimum atomic E-state index is -1.75. The molecule has 0 spiro atoms. The van der Waals surface area contributed by atoms with Crippen molar-refractivity contribution < 1.29 is 14.3 Å². The van der Waals surface area contributed by atoms with Crippen molar-refractivity contribution in [3.05, 3.63) is 0 Å². The fourth-order valence-corrected chi connectivity index (χ4v) is 2.82. The van der Waals surface area contributed by atoms with Crippen LogP contribution >= 0.6 is 0 Å². The van der Waals surface area contributed by atoms with Crippen molar-refractivity contribution in [2.24, 2.45) is 5.92 Å². The molecule has 6 heteroatoms. The fourth-order valence-electron chi connectivity index (χ4n) is 1.82. The van der Waals surface area contributed by atoms with E-state index >= 15 is 0 Å². The molecule has 0 aromatic rings. The third-order valence-electron chi connectivity index (χ3n) is 2.53. The van der Waals surface area contributed by atoms with E-state index in [4.69, 9.17) is 14.8 Å². The van der Waals surface area contributed by atoms with E-state index in [1.807, 2.05) is 19.6 Å². The molecule has 1 aliphatic heterocycles. The van der Waals surface area contributed by atoms with E-state index in [2.05, 4.69) is 6.07 Å². The summed E-state index contributed by atoms with van der Waals surface area (Å²) in [6.45, 7) is 7.01. The molecule has 5 nitrogen and oxygen atoms in total. The molecule has 0 aromatic carbocycles. The quantitative estimate of drug-likeness (QED) is 0.765. The minimum Gasteiger partial charge on any atom is -0.465 e. The predicted molar refractivity (Wildman–Crippen MR) is 61.5 cm³/mol. The summed E-state index contributed by atoms with van der Waals surface area (Å²) in [5.74, 6) is 0.0211. The second kappa shape index (κ2) is 4.85. The lowest BCUT2D eigenvalue weighted by atomic mass is 10.0. The Morgan fingerprint density at radius 1 is 1.62 bits per heavy atom. The van der Waals surface area contributed by atoms with E-state index in [0.717, 1.165) is 6.42 Å². The topological polar surface area (TPSA) is 73.6 Å². The number of amides is 1. The summed E-state index contributed by atoms with van der Waals surface area (Å²) in [7, 11) is -1.75. The molecular weight excluding hydrogens is 224 g/mol. The van der Waals surface area contributed by atoms with Crippen molar-refractivity contribution in [3.8, 4) is 6.07 Å². The molecule has 0 aliphatic carbocycles. The Morgan fingerprint density at radius 3 is 2.62 bits per heavy atom. The molecule has 1 aliphatic rings. The van der Waals surface area contributed by atoms with Crippen LogP contribution in [0.2, 0.25) is 19.6 Å². The second-order valence-corrected chi connectivity index (χ2v) is 9.52. The third-order valence-corrected chi connectivity index (χ3v) is 3.49. The van der Waals surface area contributed by atoms with Crippen molar-refractivity contribution >= 4 is 14.4 Å². The Hall–Kier alpha value is -1.06. The van der Waals surface area contributed by atoms with Gasteiger partial charge in [0, 0.05) is 19.0 Å². The van der Waals surface area contributed by atoms with E-state index in [9.17, 15) is 4.79 Å². The van der Waals surface area contributed by atoms with Gasteiger partial charge in [-0.15, -0.1) is 0 Å². The highest BCUT2D eigenvalue weighted by Gasteiger charge is 2.34. The van der Waals surface area contributed by atoms with Crippen molar-refractivity contribution in [2.45, 2.75) is 32.2 Å². The Labute approximate surface area is 96.7 Å². The molecular formula is C10H18N2O3Si. The zero-order valence-electron chi connectivity index (χ0n) is 9.93. The minimum absolute atomic E-state index is 0.0211. The number of carbonyl (C=O) groups is 1. The van der Waals surface area contributed by atoms with Gasteiger partial charge in [0.1, 0.15) is 6.10 Å². The molecule has 2 atom stereocenters. The van der Waals surface area contributed by atoms with E-state index in [1.54, 1.807) is 0 Å². The molecule has 1 heterocycles. The first kappa shape index (κ1) is 13.0. The molecule has 1 rings (SSSR count). The van der Waals surface area contributed by atoms with Crippen LogP contribution in [0.4, 0.5) is 4.79 Å². The molecule has 0 aromatic heterocycles. The summed E-state index contributed by atoms with van der Waals surface area (Å²) in [5, 5.41) is 17.9. The normalized spacial score (nSPS) is 22.9. The van der Waals surface area contributed by atoms with Gasteiger partial charge in [0.2, 0.25) is 0 Å². The van der Waals surface area contributed by atoms with Gasteiger partial charge >= 0.3 is 6.09 Å². The average molecular weight is 242 g/mol. The van der Waals surface area contributed by atoms with Crippen LogP contribution in [0.1, 0.15) is 6.42 Å². The average Bonchev–Trinajstić information content (AvgIpc) is 2.61. The maximum absolute atomic E-state index is 10.8. The van der Waals surface area contributed by atoms with E-state index < -0.39 is 20.5 Å². The maximum atomic E-state index is 10.8. The summed E-state index contributed by atoms with van der Waals surface area (Å²) >= 11 is 0. The summed E-state index contributed by atoms with van der Waals surface area (Å²) in [4.78, 5) is 12.1. The first-order valence-corrected chi connectivity index (χ1v) is 8.79. The van der Waals surface area contributed by atoms with Gasteiger partial charge in [-0.1, -0.05) is 0 Å². The zero-order chi connectivity index (χ0) is 12.3. The van der Waals surface area contributed by atoms with Crippen LogP contribution in [0.25, 0.3) is 0 Å². The van der Waals surface area contributed by atoms with Crippen LogP contribution in [0.5, 0.6) is 0 Å². The van der Waals surface area contributed by atoms with Gasteiger partial charge < -0.3 is 14.4 Å². The number of nitrogens with zero attached hydrogens (tertiary/aromatic N) is 2. The van der Waals surface area contributed by atoms with Gasteiger partial charge in [-0.2, -0.15) is 5.26 Å². The summed E-state index contributed by atoms with van der Waals surface area (Å²) in [6, 6.07) is 2.15. The lowest BCUT2D eigenvalue weighted by Gasteiger charge is -2.25. The van der Waals surface area contributed by atoms with Gasteiger partial charge in [-0.3, -0.25) is 0 Å². The van der Waals surface area contributed by atoms with Crippen molar-refractivity contribution in [2.75, 3.05) is 13.1 Å². The number of nitriles is 1. The van der Waals surface area contributed by atoms with Crippen molar-refractivity contribution in [1.82, 2.24) is 4.90 Å². The predicted octanol–water partition coefficient (Wildman–Crippen LogP) is 1.73. The number of carboxylic acid groups (broad SMARTS) is 1. The van der Waals surface area contributed by atoms with Crippen LogP contribution in [-0.4, -0.2) is 43.6 Å². The largest absolute Gasteiger partial charge is 0.465 e. The Morgan fingerprint density at radius 2 is 2.25 bits per heavy atom. The van der Waals surface area contributed by atoms with Crippen LogP contribution in [-0.2, 0) is 4.43 Å². The summed E-state index contributed by atoms with van der Waals surface area (Å²) < 4.78 is 5.76. The first-order valence-electron chi connectivity index (χ1n) is 5.39. The molecule has 16 heavy (non-hydrogen) atoms. The lowest BCUT2D eigenvalue weighted by Crippen LogP contribution is -2.37. The number of hydrogen-bond donors (Lipinski definition) is 1. The molecule has 0 bridgehead atoms. The number of rotatable bonds is 3. The van der Waals surface area contributed by atoms with Gasteiger partial charge in [-0.25, -0.2) is 4.79 Å². The molecule has 0 radical (unpaired) electrons. The number of likely N-dealkylation sites (tertiary alicyclic amines) is 1. The highest BCUT2D eigenvalue weighted by atomic mass is 28.4. The van der Waals surface area contributed by atoms with Gasteiger partial charge in [0.25, 0.3) is 0 Å². The monoisotopic (exact) mass is 242 g/mol. The summed E-state index contributed by atoms with van der Waals surface area (Å²) in [6.07, 6.45) is -0.655. The number of hydrogen-bond acceptors (Lipinski definition) is 3. The van der Waals surface area contributed by atoms with E-state index in [1.165, 1.54) is 4.90 Å². The van der Waals surface area contributed by atoms with Crippen LogP contribution < -0.4 is 0 Å². The second-order valence-electron chi connectivity index (χ2n) is 5.06. The molecule has 1 amide bonds. The highest BCUT2D eigenvalue weighted by molar-refractivity contribution is 6.69. The lowest BCUT2D eigenvalue weighted by molar-refractivity contribution is 0.145.